The molecule has 1 fully saturated rings. The smallest absolute Gasteiger partial charge is 0.332 e. The summed E-state index contributed by atoms with van der Waals surface area (Å²) >= 11 is 0. The number of nitrogens with one attached hydrogen (secondary N) is 1. The molecular weight excluding hydrogens is 244 g/mol. The summed E-state index contributed by atoms with van der Waals surface area (Å²) in [4.78, 5) is 24.1. The number of nitrogens with zero attached hydrogens (tertiary/aromatic N) is 2. The Balaban J connectivity index is 2.42. The summed E-state index contributed by atoms with van der Waals surface area (Å²) in [6.07, 6.45) is 2.87. The van der Waals surface area contributed by atoms with Gasteiger partial charge in [-0.25, -0.2) is 4.79 Å². The van der Waals surface area contributed by atoms with E-state index in [2.05, 4.69) is 12.2 Å². The highest BCUT2D eigenvalue weighted by atomic mass is 16.2. The Morgan fingerprint density at radius 3 is 2.53 bits per heavy atom. The molecule has 3 N–H and O–H groups in total. The molecule has 1 heterocycles. The summed E-state index contributed by atoms with van der Waals surface area (Å²) in [5, 5.41) is 3.19. The van der Waals surface area contributed by atoms with Gasteiger partial charge in [0.05, 0.1) is 0 Å². The topological polar surface area (TPSA) is 82.0 Å². The van der Waals surface area contributed by atoms with E-state index >= 15 is 0 Å². The van der Waals surface area contributed by atoms with Crippen molar-refractivity contribution in [3.05, 3.63) is 20.8 Å². The minimum absolute atomic E-state index is 0.259. The van der Waals surface area contributed by atoms with Gasteiger partial charge in [0.2, 0.25) is 0 Å². The molecule has 1 aliphatic carbocycles. The monoisotopic (exact) mass is 266 g/mol. The largest absolute Gasteiger partial charge is 0.383 e. The maximum Gasteiger partial charge on any atom is 0.332 e. The molecule has 0 spiro atoms. The molecule has 1 aromatic rings. The van der Waals surface area contributed by atoms with Gasteiger partial charge in [0, 0.05) is 19.6 Å². The Kier molecular flexibility index (Phi) is 3.68. The molecule has 19 heavy (non-hydrogen) atoms. The standard InChI is InChI=1S/C13H22N4O2/c1-4-5-17-11(14)10(12(18)16(3)13(17)19)15-9-6-8(2)7-9/h8-9,15H,4-7,14H2,1-3H3. The highest BCUT2D eigenvalue weighted by Crippen LogP contribution is 2.29. The first-order valence-corrected chi connectivity index (χ1v) is 6.81. The molecule has 1 aliphatic rings. The van der Waals surface area contributed by atoms with Crippen molar-refractivity contribution in [3.8, 4) is 0 Å². The highest BCUT2D eigenvalue weighted by molar-refractivity contribution is 5.61. The molecule has 0 saturated heterocycles. The molecule has 6 nitrogen and oxygen atoms in total. The van der Waals surface area contributed by atoms with Crippen molar-refractivity contribution in [1.82, 2.24) is 9.13 Å². The molecule has 0 aromatic carbocycles. The average molecular weight is 266 g/mol. The predicted molar refractivity (Wildman–Crippen MR) is 76.5 cm³/mol. The minimum Gasteiger partial charge on any atom is -0.383 e. The van der Waals surface area contributed by atoms with Crippen molar-refractivity contribution in [3.63, 3.8) is 0 Å². The molecule has 1 saturated carbocycles. The van der Waals surface area contributed by atoms with Crippen LogP contribution in [0.25, 0.3) is 0 Å². The van der Waals surface area contributed by atoms with Crippen LogP contribution in [0.1, 0.15) is 33.1 Å². The second kappa shape index (κ2) is 5.11. The molecule has 6 heteroatoms. The normalized spacial score (nSPS) is 22.1. The molecule has 0 atom stereocenters. The first kappa shape index (κ1) is 13.7. The van der Waals surface area contributed by atoms with Crippen molar-refractivity contribution in [2.24, 2.45) is 13.0 Å². The van der Waals surface area contributed by atoms with Crippen molar-refractivity contribution < 1.29 is 0 Å². The number of hydrogen-bond donors (Lipinski definition) is 2. The van der Waals surface area contributed by atoms with Crippen molar-refractivity contribution in [2.45, 2.75) is 45.7 Å². The Labute approximate surface area is 112 Å². The van der Waals surface area contributed by atoms with Crippen LogP contribution in [0, 0.1) is 5.92 Å². The number of hydrogen-bond acceptors (Lipinski definition) is 4. The summed E-state index contributed by atoms with van der Waals surface area (Å²) in [5.74, 6) is 0.943. The third-order valence-electron chi connectivity index (χ3n) is 3.75. The Morgan fingerprint density at radius 1 is 1.37 bits per heavy atom. The van der Waals surface area contributed by atoms with Gasteiger partial charge in [-0.1, -0.05) is 13.8 Å². The van der Waals surface area contributed by atoms with Crippen LogP contribution in [-0.2, 0) is 13.6 Å². The maximum absolute atomic E-state index is 12.1. The SMILES string of the molecule is CCCn1c(N)c(NC2CC(C)C2)c(=O)n(C)c1=O. The van der Waals surface area contributed by atoms with E-state index in [1.165, 1.54) is 11.6 Å². The number of rotatable bonds is 4. The Bertz CT molecular complexity index is 582. The van der Waals surface area contributed by atoms with Crippen LogP contribution in [0.4, 0.5) is 11.5 Å². The summed E-state index contributed by atoms with van der Waals surface area (Å²) in [5.41, 5.74) is 5.67. The fourth-order valence-corrected chi connectivity index (χ4v) is 2.58. The number of aromatic nitrogens is 2. The van der Waals surface area contributed by atoms with Crippen LogP contribution >= 0.6 is 0 Å². The van der Waals surface area contributed by atoms with E-state index in [1.807, 2.05) is 6.92 Å². The van der Waals surface area contributed by atoms with Crippen LogP contribution in [0.2, 0.25) is 0 Å². The van der Waals surface area contributed by atoms with E-state index in [9.17, 15) is 9.59 Å². The summed E-state index contributed by atoms with van der Waals surface area (Å²) in [7, 11) is 1.49. The van der Waals surface area contributed by atoms with E-state index in [0.717, 1.165) is 23.8 Å². The predicted octanol–water partition coefficient (Wildman–Crippen LogP) is 0.750. The van der Waals surface area contributed by atoms with E-state index in [-0.39, 0.29) is 23.1 Å². The lowest BCUT2D eigenvalue weighted by molar-refractivity contribution is 0.308. The lowest BCUT2D eigenvalue weighted by atomic mass is 9.82. The van der Waals surface area contributed by atoms with E-state index < -0.39 is 0 Å². The highest BCUT2D eigenvalue weighted by Gasteiger charge is 2.27. The van der Waals surface area contributed by atoms with Crippen LogP contribution in [-0.4, -0.2) is 15.2 Å². The fourth-order valence-electron chi connectivity index (χ4n) is 2.58. The third kappa shape index (κ3) is 2.39. The first-order valence-electron chi connectivity index (χ1n) is 6.81. The fraction of sp³-hybridized carbons (Fsp3) is 0.692. The van der Waals surface area contributed by atoms with Gasteiger partial charge < -0.3 is 11.1 Å². The van der Waals surface area contributed by atoms with E-state index in [1.54, 1.807) is 0 Å². The quantitative estimate of drug-likeness (QED) is 0.842. The zero-order valence-corrected chi connectivity index (χ0v) is 11.8. The molecular formula is C13H22N4O2. The van der Waals surface area contributed by atoms with Crippen molar-refractivity contribution in [1.29, 1.82) is 0 Å². The van der Waals surface area contributed by atoms with Gasteiger partial charge in [0.25, 0.3) is 5.56 Å². The van der Waals surface area contributed by atoms with Gasteiger partial charge in [-0.15, -0.1) is 0 Å². The van der Waals surface area contributed by atoms with Crippen molar-refractivity contribution >= 4 is 11.5 Å². The zero-order chi connectivity index (χ0) is 14.2. The minimum atomic E-state index is -0.350. The van der Waals surface area contributed by atoms with Gasteiger partial charge in [-0.3, -0.25) is 13.9 Å². The van der Waals surface area contributed by atoms with Crippen LogP contribution in [0.3, 0.4) is 0 Å². The van der Waals surface area contributed by atoms with Crippen LogP contribution in [0.5, 0.6) is 0 Å². The zero-order valence-electron chi connectivity index (χ0n) is 11.8. The van der Waals surface area contributed by atoms with Crippen LogP contribution < -0.4 is 22.3 Å². The molecule has 106 valence electrons. The average Bonchev–Trinajstić information content (AvgIpc) is 2.35. The lowest BCUT2D eigenvalue weighted by Crippen LogP contribution is -2.43. The van der Waals surface area contributed by atoms with Crippen LogP contribution in [0.15, 0.2) is 9.59 Å². The van der Waals surface area contributed by atoms with Gasteiger partial charge in [0.1, 0.15) is 11.5 Å². The first-order chi connectivity index (χ1) is 8.95. The Morgan fingerprint density at radius 2 is 2.00 bits per heavy atom. The van der Waals surface area contributed by atoms with Gasteiger partial charge in [0.15, 0.2) is 0 Å². The molecule has 1 aromatic heterocycles. The lowest BCUT2D eigenvalue weighted by Gasteiger charge is -2.34. The second-order valence-electron chi connectivity index (χ2n) is 5.48. The maximum atomic E-state index is 12.1. The molecule has 0 unspecified atom stereocenters. The summed E-state index contributed by atoms with van der Waals surface area (Å²) in [6.45, 7) is 4.67. The molecule has 0 radical (unpaired) electrons. The Hall–Kier alpha value is -1.72. The third-order valence-corrected chi connectivity index (χ3v) is 3.75. The summed E-state index contributed by atoms with van der Waals surface area (Å²) < 4.78 is 2.59. The molecule has 2 rings (SSSR count). The number of nitrogens with two attached hydrogens (primary N) is 1. The molecule has 0 aliphatic heterocycles. The van der Waals surface area contributed by atoms with E-state index in [4.69, 9.17) is 5.73 Å². The van der Waals surface area contributed by atoms with Crippen molar-refractivity contribution in [2.75, 3.05) is 11.1 Å². The van der Waals surface area contributed by atoms with E-state index in [0.29, 0.717) is 18.2 Å². The number of anilines is 2. The van der Waals surface area contributed by atoms with Gasteiger partial charge in [-0.05, 0) is 25.2 Å². The van der Waals surface area contributed by atoms with Gasteiger partial charge >= 0.3 is 5.69 Å². The van der Waals surface area contributed by atoms with Gasteiger partial charge in [-0.2, -0.15) is 0 Å². The molecule has 0 bridgehead atoms. The summed E-state index contributed by atoms with van der Waals surface area (Å²) in [6, 6.07) is 0.289. The number of nitrogen functional groups attached to an aromatic ring is 1. The second-order valence-corrected chi connectivity index (χ2v) is 5.48. The molecule has 0 amide bonds.